The van der Waals surface area contributed by atoms with Crippen LogP contribution in [-0.4, -0.2) is 37.3 Å². The van der Waals surface area contributed by atoms with Crippen molar-refractivity contribution in [1.29, 1.82) is 0 Å². The van der Waals surface area contributed by atoms with Crippen LogP contribution in [0.25, 0.3) is 0 Å². The zero-order chi connectivity index (χ0) is 15.9. The van der Waals surface area contributed by atoms with Gasteiger partial charge >= 0.3 is 0 Å². The second kappa shape index (κ2) is 8.03. The zero-order valence-electron chi connectivity index (χ0n) is 13.1. The molecule has 1 aromatic carbocycles. The topological polar surface area (TPSA) is 27.6 Å². The van der Waals surface area contributed by atoms with Gasteiger partial charge in [-0.3, -0.25) is 9.89 Å². The molecule has 1 unspecified atom stereocenters. The highest BCUT2D eigenvalue weighted by Gasteiger charge is 2.20. The van der Waals surface area contributed by atoms with Crippen molar-refractivity contribution in [2.75, 3.05) is 20.1 Å². The van der Waals surface area contributed by atoms with Crippen molar-refractivity contribution in [3.05, 3.63) is 47.2 Å². The molecule has 1 aliphatic rings. The number of allylic oxidation sites excluding steroid dienone is 2. The van der Waals surface area contributed by atoms with E-state index in [9.17, 15) is 8.78 Å². The number of nitrogens with zero attached hydrogens (tertiary/aromatic N) is 2. The van der Waals surface area contributed by atoms with Crippen molar-refractivity contribution in [1.82, 2.24) is 10.2 Å². The molecule has 22 heavy (non-hydrogen) atoms. The van der Waals surface area contributed by atoms with Gasteiger partial charge in [0, 0.05) is 38.1 Å². The third-order valence-electron chi connectivity index (χ3n) is 3.85. The Labute approximate surface area is 130 Å². The molecule has 0 aromatic heterocycles. The average molecular weight is 307 g/mol. The Balaban J connectivity index is 1.94. The van der Waals surface area contributed by atoms with E-state index in [1.54, 1.807) is 13.1 Å². The van der Waals surface area contributed by atoms with E-state index in [2.05, 4.69) is 15.2 Å². The predicted octanol–water partition coefficient (Wildman–Crippen LogP) is 3.12. The largest absolute Gasteiger partial charge is 0.380 e. The molecule has 3 nitrogen and oxygen atoms in total. The zero-order valence-corrected chi connectivity index (χ0v) is 13.1. The van der Waals surface area contributed by atoms with Crippen LogP contribution >= 0.6 is 0 Å². The molecule has 1 fully saturated rings. The Morgan fingerprint density at radius 1 is 1.41 bits per heavy atom. The number of benzene rings is 1. The lowest BCUT2D eigenvalue weighted by Gasteiger charge is -2.33. The smallest absolute Gasteiger partial charge is 0.159 e. The predicted molar refractivity (Wildman–Crippen MR) is 86.0 cm³/mol. The molecule has 0 saturated carbocycles. The number of nitrogens with one attached hydrogen (secondary N) is 1. The normalized spacial score (nSPS) is 20.5. The fourth-order valence-corrected chi connectivity index (χ4v) is 2.78. The second-order valence-corrected chi connectivity index (χ2v) is 5.60. The molecule has 0 aliphatic carbocycles. The van der Waals surface area contributed by atoms with E-state index in [0.29, 0.717) is 12.6 Å². The maximum absolute atomic E-state index is 13.3. The average Bonchev–Trinajstić information content (AvgIpc) is 2.51. The summed E-state index contributed by atoms with van der Waals surface area (Å²) in [6.45, 7) is 4.48. The van der Waals surface area contributed by atoms with Crippen LogP contribution in [-0.2, 0) is 6.54 Å². The second-order valence-electron chi connectivity index (χ2n) is 5.60. The highest BCUT2D eigenvalue weighted by Crippen LogP contribution is 2.16. The lowest BCUT2D eigenvalue weighted by Crippen LogP contribution is -2.45. The first kappa shape index (κ1) is 16.6. The van der Waals surface area contributed by atoms with E-state index in [-0.39, 0.29) is 0 Å². The van der Waals surface area contributed by atoms with Gasteiger partial charge in [0.05, 0.1) is 0 Å². The van der Waals surface area contributed by atoms with E-state index in [1.165, 1.54) is 12.1 Å². The summed E-state index contributed by atoms with van der Waals surface area (Å²) in [5, 5.41) is 3.48. The minimum absolute atomic E-state index is 0.350. The molecule has 1 N–H and O–H groups in total. The van der Waals surface area contributed by atoms with Crippen molar-refractivity contribution < 1.29 is 8.78 Å². The summed E-state index contributed by atoms with van der Waals surface area (Å²) in [7, 11) is 1.75. The number of piperidine rings is 1. The summed E-state index contributed by atoms with van der Waals surface area (Å²) >= 11 is 0. The van der Waals surface area contributed by atoms with E-state index in [4.69, 9.17) is 0 Å². The first-order chi connectivity index (χ1) is 10.6. The van der Waals surface area contributed by atoms with Crippen molar-refractivity contribution in [2.24, 2.45) is 4.99 Å². The monoisotopic (exact) mass is 307 g/mol. The van der Waals surface area contributed by atoms with E-state index in [1.807, 2.05) is 19.2 Å². The number of rotatable bonds is 5. The highest BCUT2D eigenvalue weighted by molar-refractivity contribution is 5.77. The molecule has 1 aliphatic heterocycles. The highest BCUT2D eigenvalue weighted by atomic mass is 19.2. The molecule has 5 heteroatoms. The van der Waals surface area contributed by atoms with Crippen LogP contribution in [0.15, 0.2) is 35.0 Å². The lowest BCUT2D eigenvalue weighted by atomic mass is 10.0. The number of aliphatic imine (C=N–C) groups is 1. The minimum Gasteiger partial charge on any atom is -0.380 e. The molecule has 1 saturated heterocycles. The van der Waals surface area contributed by atoms with Crippen LogP contribution < -0.4 is 5.32 Å². The SMILES string of the molecule is C/C=C(\C=N/C)NC1CCCN(Cc2ccc(F)c(F)c2)C1. The van der Waals surface area contributed by atoms with Gasteiger partial charge in [0.1, 0.15) is 0 Å². The van der Waals surface area contributed by atoms with Gasteiger partial charge in [-0.1, -0.05) is 12.1 Å². The van der Waals surface area contributed by atoms with E-state index in [0.717, 1.165) is 37.2 Å². The van der Waals surface area contributed by atoms with Gasteiger partial charge in [-0.2, -0.15) is 0 Å². The van der Waals surface area contributed by atoms with Gasteiger partial charge in [-0.15, -0.1) is 0 Å². The summed E-state index contributed by atoms with van der Waals surface area (Å²) in [6.07, 6.45) is 6.00. The molecule has 1 atom stereocenters. The maximum atomic E-state index is 13.3. The van der Waals surface area contributed by atoms with E-state index < -0.39 is 11.6 Å². The lowest BCUT2D eigenvalue weighted by molar-refractivity contribution is 0.189. The maximum Gasteiger partial charge on any atom is 0.159 e. The molecule has 0 radical (unpaired) electrons. The van der Waals surface area contributed by atoms with Gasteiger partial charge in [-0.25, -0.2) is 8.78 Å². The van der Waals surface area contributed by atoms with Crippen molar-refractivity contribution >= 4 is 6.21 Å². The quantitative estimate of drug-likeness (QED) is 0.846. The molecule has 120 valence electrons. The van der Waals surface area contributed by atoms with Crippen LogP contribution in [0.5, 0.6) is 0 Å². The number of likely N-dealkylation sites (tertiary alicyclic amines) is 1. The van der Waals surface area contributed by atoms with Crippen LogP contribution in [0, 0.1) is 11.6 Å². The van der Waals surface area contributed by atoms with E-state index >= 15 is 0 Å². The first-order valence-electron chi connectivity index (χ1n) is 7.63. The van der Waals surface area contributed by atoms with Crippen LogP contribution in [0.3, 0.4) is 0 Å². The minimum atomic E-state index is -0.793. The molecule has 1 heterocycles. The molecule has 0 bridgehead atoms. The van der Waals surface area contributed by atoms with Gasteiger partial charge in [0.15, 0.2) is 11.6 Å². The molecule has 0 amide bonds. The van der Waals surface area contributed by atoms with Crippen molar-refractivity contribution in [3.8, 4) is 0 Å². The fraction of sp³-hybridized carbons (Fsp3) is 0.471. The Morgan fingerprint density at radius 3 is 2.91 bits per heavy atom. The fourth-order valence-electron chi connectivity index (χ4n) is 2.78. The first-order valence-corrected chi connectivity index (χ1v) is 7.63. The third kappa shape index (κ3) is 4.63. The number of halogens is 2. The number of hydrogen-bond donors (Lipinski definition) is 1. The molecular weight excluding hydrogens is 284 g/mol. The van der Waals surface area contributed by atoms with Crippen molar-refractivity contribution in [2.45, 2.75) is 32.4 Å². The summed E-state index contributed by atoms with van der Waals surface area (Å²) in [5.74, 6) is -1.57. The summed E-state index contributed by atoms with van der Waals surface area (Å²) in [6, 6.07) is 4.48. The Bertz CT molecular complexity index is 555. The van der Waals surface area contributed by atoms with Crippen molar-refractivity contribution in [3.63, 3.8) is 0 Å². The molecular formula is C17H23F2N3. The third-order valence-corrected chi connectivity index (χ3v) is 3.85. The van der Waals surface area contributed by atoms with Gasteiger partial charge < -0.3 is 5.32 Å². The molecule has 2 rings (SSSR count). The van der Waals surface area contributed by atoms with Crippen LogP contribution in [0.1, 0.15) is 25.3 Å². The number of hydrogen-bond acceptors (Lipinski definition) is 3. The standard InChI is InChI=1S/C17H23F2N3/c1-3-14(10-20-2)21-15-5-4-8-22(12-15)11-13-6-7-16(18)17(19)9-13/h3,6-7,9-10,15,21H,4-5,8,11-12H2,1-2H3/b14-3+,20-10-. The van der Waals surface area contributed by atoms with Gasteiger partial charge in [0.2, 0.25) is 0 Å². The Morgan fingerprint density at radius 2 is 2.23 bits per heavy atom. The summed E-state index contributed by atoms with van der Waals surface area (Å²) in [4.78, 5) is 6.30. The van der Waals surface area contributed by atoms with Gasteiger partial charge in [-0.05, 0) is 44.0 Å². The van der Waals surface area contributed by atoms with Crippen LogP contribution in [0.2, 0.25) is 0 Å². The van der Waals surface area contributed by atoms with Gasteiger partial charge in [0.25, 0.3) is 0 Å². The summed E-state index contributed by atoms with van der Waals surface area (Å²) in [5.41, 5.74) is 1.82. The Kier molecular flexibility index (Phi) is 6.07. The molecule has 1 aromatic rings. The van der Waals surface area contributed by atoms with Crippen LogP contribution in [0.4, 0.5) is 8.78 Å². The Hall–Kier alpha value is -1.75. The molecule has 0 spiro atoms. The summed E-state index contributed by atoms with van der Waals surface area (Å²) < 4.78 is 26.3.